The number of carbonyl (C=O) groups is 1. The van der Waals surface area contributed by atoms with E-state index in [1.54, 1.807) is 22.3 Å². The summed E-state index contributed by atoms with van der Waals surface area (Å²) in [5.74, 6) is 1.22. The van der Waals surface area contributed by atoms with Crippen molar-refractivity contribution in [1.82, 2.24) is 29.7 Å². The summed E-state index contributed by atoms with van der Waals surface area (Å²) in [7, 11) is 0. The van der Waals surface area contributed by atoms with Crippen LogP contribution in [0.3, 0.4) is 0 Å². The van der Waals surface area contributed by atoms with Gasteiger partial charge in [-0.15, -0.1) is 11.3 Å². The molecule has 9 heteroatoms. The van der Waals surface area contributed by atoms with Gasteiger partial charge in [-0.3, -0.25) is 4.79 Å². The second kappa shape index (κ2) is 5.21. The van der Waals surface area contributed by atoms with E-state index in [2.05, 4.69) is 36.4 Å². The Morgan fingerprint density at radius 1 is 1.32 bits per heavy atom. The van der Waals surface area contributed by atoms with Crippen molar-refractivity contribution >= 4 is 34.2 Å². The SMILES string of the molecule is Cc1nn(-c2ncnc3nc[nH]c23)c2c1[C@H](c1cccs1)CC(=O)N2. The molecule has 1 amide bonds. The largest absolute Gasteiger partial charge is 0.340 e. The van der Waals surface area contributed by atoms with Crippen LogP contribution in [0.2, 0.25) is 0 Å². The van der Waals surface area contributed by atoms with E-state index in [0.29, 0.717) is 29.2 Å². The predicted molar refractivity (Wildman–Crippen MR) is 93.0 cm³/mol. The minimum Gasteiger partial charge on any atom is -0.340 e. The van der Waals surface area contributed by atoms with Crippen LogP contribution in [0.4, 0.5) is 5.82 Å². The molecular formula is C16H13N7OS. The molecule has 0 aromatic carbocycles. The van der Waals surface area contributed by atoms with Gasteiger partial charge in [0.1, 0.15) is 17.7 Å². The second-order valence-corrected chi connectivity index (χ2v) is 6.86. The summed E-state index contributed by atoms with van der Waals surface area (Å²) < 4.78 is 1.67. The fraction of sp³-hybridized carbons (Fsp3) is 0.188. The van der Waals surface area contributed by atoms with Crippen molar-refractivity contribution in [3.63, 3.8) is 0 Å². The number of imidazole rings is 1. The number of carbonyl (C=O) groups excluding carboxylic acids is 1. The van der Waals surface area contributed by atoms with Crippen molar-refractivity contribution in [2.45, 2.75) is 19.3 Å². The number of aromatic amines is 1. The van der Waals surface area contributed by atoms with E-state index in [-0.39, 0.29) is 11.8 Å². The van der Waals surface area contributed by atoms with Crippen LogP contribution in [-0.4, -0.2) is 35.6 Å². The molecule has 0 radical (unpaired) electrons. The van der Waals surface area contributed by atoms with Gasteiger partial charge >= 0.3 is 0 Å². The van der Waals surface area contributed by atoms with E-state index in [9.17, 15) is 4.79 Å². The lowest BCUT2D eigenvalue weighted by Gasteiger charge is -2.23. The monoisotopic (exact) mass is 351 g/mol. The minimum atomic E-state index is -0.0260. The first-order valence-electron chi connectivity index (χ1n) is 7.79. The summed E-state index contributed by atoms with van der Waals surface area (Å²) >= 11 is 1.65. The number of H-pyrrole nitrogens is 1. The highest BCUT2D eigenvalue weighted by atomic mass is 32.1. The average Bonchev–Trinajstić information content (AvgIpc) is 3.34. The molecule has 0 unspecified atom stereocenters. The highest BCUT2D eigenvalue weighted by Gasteiger charge is 2.33. The van der Waals surface area contributed by atoms with Crippen LogP contribution in [0.5, 0.6) is 0 Å². The Balaban J connectivity index is 1.75. The maximum absolute atomic E-state index is 12.3. The normalized spacial score (nSPS) is 16.8. The van der Waals surface area contributed by atoms with Gasteiger partial charge in [0.05, 0.1) is 12.0 Å². The van der Waals surface area contributed by atoms with E-state index in [1.807, 2.05) is 18.4 Å². The van der Waals surface area contributed by atoms with Crippen LogP contribution in [0.1, 0.15) is 28.5 Å². The van der Waals surface area contributed by atoms with E-state index < -0.39 is 0 Å². The van der Waals surface area contributed by atoms with Crippen molar-refractivity contribution in [2.24, 2.45) is 0 Å². The Bertz CT molecular complexity index is 1100. The Morgan fingerprint density at radius 2 is 2.24 bits per heavy atom. The van der Waals surface area contributed by atoms with Crippen LogP contribution in [0.15, 0.2) is 30.2 Å². The molecule has 0 spiro atoms. The van der Waals surface area contributed by atoms with Crippen molar-refractivity contribution in [1.29, 1.82) is 0 Å². The summed E-state index contributed by atoms with van der Waals surface area (Å²) in [6.45, 7) is 1.96. The summed E-state index contributed by atoms with van der Waals surface area (Å²) in [6, 6.07) is 4.07. The lowest BCUT2D eigenvalue weighted by molar-refractivity contribution is -0.116. The number of fused-ring (bicyclic) bond motifs is 2. The van der Waals surface area contributed by atoms with Gasteiger partial charge < -0.3 is 10.3 Å². The molecule has 0 fully saturated rings. The number of rotatable bonds is 2. The third-order valence-electron chi connectivity index (χ3n) is 4.39. The Kier molecular flexibility index (Phi) is 2.98. The summed E-state index contributed by atoms with van der Waals surface area (Å²) in [5, 5.41) is 9.65. The number of amides is 1. The standard InChI is InChI=1S/C16H13N7OS/c1-8-12-9(10-3-2-4-25-10)5-11(24)21-15(12)23(22-8)16-13-14(18-6-17-13)19-7-20-16/h2-4,6-7,9H,5H2,1H3,(H,21,24)(H,17,18,19,20)/t9-/m0/s1. The zero-order chi connectivity index (χ0) is 17.0. The smallest absolute Gasteiger partial charge is 0.226 e. The van der Waals surface area contributed by atoms with Gasteiger partial charge in [0, 0.05) is 22.8 Å². The van der Waals surface area contributed by atoms with Crippen molar-refractivity contribution in [3.8, 4) is 5.82 Å². The minimum absolute atomic E-state index is 0.0107. The van der Waals surface area contributed by atoms with Crippen LogP contribution in [0, 0.1) is 6.92 Å². The second-order valence-electron chi connectivity index (χ2n) is 5.88. The van der Waals surface area contributed by atoms with Crippen LogP contribution in [0.25, 0.3) is 17.0 Å². The first kappa shape index (κ1) is 14.3. The van der Waals surface area contributed by atoms with Gasteiger partial charge in [-0.25, -0.2) is 15.0 Å². The molecule has 1 aliphatic heterocycles. The van der Waals surface area contributed by atoms with E-state index >= 15 is 0 Å². The number of aryl methyl sites for hydroxylation is 1. The molecule has 2 N–H and O–H groups in total. The fourth-order valence-electron chi connectivity index (χ4n) is 3.35. The maximum atomic E-state index is 12.3. The molecule has 0 saturated heterocycles. The molecule has 5 heterocycles. The molecule has 8 nitrogen and oxygen atoms in total. The molecular weight excluding hydrogens is 338 g/mol. The first-order chi connectivity index (χ1) is 12.2. The summed E-state index contributed by atoms with van der Waals surface area (Å²) in [4.78, 5) is 29.2. The third kappa shape index (κ3) is 2.09. The molecule has 4 aromatic heterocycles. The topological polar surface area (TPSA) is 101 Å². The van der Waals surface area contributed by atoms with Crippen molar-refractivity contribution in [2.75, 3.05) is 5.32 Å². The average molecular weight is 351 g/mol. The number of nitrogens with one attached hydrogen (secondary N) is 2. The van der Waals surface area contributed by atoms with E-state index in [4.69, 9.17) is 0 Å². The summed E-state index contributed by atoms with van der Waals surface area (Å²) in [6.07, 6.45) is 3.44. The van der Waals surface area contributed by atoms with Crippen LogP contribution >= 0.6 is 11.3 Å². The van der Waals surface area contributed by atoms with Crippen molar-refractivity contribution < 1.29 is 4.79 Å². The molecule has 0 bridgehead atoms. The molecule has 4 aromatic rings. The van der Waals surface area contributed by atoms with Crippen LogP contribution < -0.4 is 5.32 Å². The molecule has 1 atom stereocenters. The zero-order valence-electron chi connectivity index (χ0n) is 13.2. The van der Waals surface area contributed by atoms with E-state index in [0.717, 1.165) is 16.1 Å². The molecule has 124 valence electrons. The molecule has 1 aliphatic rings. The molecule has 0 aliphatic carbocycles. The number of thiophene rings is 1. The number of anilines is 1. The number of aromatic nitrogens is 6. The molecule has 0 saturated carbocycles. The van der Waals surface area contributed by atoms with Crippen LogP contribution in [-0.2, 0) is 4.79 Å². The van der Waals surface area contributed by atoms with Gasteiger partial charge in [-0.1, -0.05) is 6.07 Å². The lowest BCUT2D eigenvalue weighted by Crippen LogP contribution is -2.24. The number of nitrogens with zero attached hydrogens (tertiary/aromatic N) is 5. The highest BCUT2D eigenvalue weighted by Crippen LogP contribution is 2.41. The number of hydrogen-bond donors (Lipinski definition) is 2. The Labute approximate surface area is 146 Å². The molecule has 25 heavy (non-hydrogen) atoms. The Hall–Kier alpha value is -3.07. The zero-order valence-corrected chi connectivity index (χ0v) is 14.0. The van der Waals surface area contributed by atoms with Gasteiger partial charge in [0.25, 0.3) is 0 Å². The van der Waals surface area contributed by atoms with Gasteiger partial charge in [0.2, 0.25) is 5.91 Å². The lowest BCUT2D eigenvalue weighted by atomic mass is 9.91. The highest BCUT2D eigenvalue weighted by molar-refractivity contribution is 7.10. The number of hydrogen-bond acceptors (Lipinski definition) is 6. The van der Waals surface area contributed by atoms with Gasteiger partial charge in [0.15, 0.2) is 11.5 Å². The Morgan fingerprint density at radius 3 is 3.08 bits per heavy atom. The quantitative estimate of drug-likeness (QED) is 0.577. The third-order valence-corrected chi connectivity index (χ3v) is 5.38. The maximum Gasteiger partial charge on any atom is 0.226 e. The fourth-order valence-corrected chi connectivity index (χ4v) is 4.18. The summed E-state index contributed by atoms with van der Waals surface area (Å²) in [5.41, 5.74) is 3.15. The first-order valence-corrected chi connectivity index (χ1v) is 8.67. The van der Waals surface area contributed by atoms with Gasteiger partial charge in [-0.05, 0) is 18.4 Å². The van der Waals surface area contributed by atoms with E-state index in [1.165, 1.54) is 6.33 Å². The molecule has 5 rings (SSSR count). The van der Waals surface area contributed by atoms with Gasteiger partial charge in [-0.2, -0.15) is 9.78 Å². The predicted octanol–water partition coefficient (Wildman–Crippen LogP) is 2.38. The van der Waals surface area contributed by atoms with Crippen molar-refractivity contribution in [3.05, 3.63) is 46.3 Å².